The first-order chi connectivity index (χ1) is 8.86. The van der Waals surface area contributed by atoms with Crippen LogP contribution in [0.15, 0.2) is 12.1 Å². The fourth-order valence-corrected chi connectivity index (χ4v) is 2.70. The van der Waals surface area contributed by atoms with Crippen molar-refractivity contribution in [1.82, 2.24) is 5.32 Å². The molecule has 18 heavy (non-hydrogen) atoms. The van der Waals surface area contributed by atoms with Crippen LogP contribution in [-0.4, -0.2) is 26.3 Å². The molecule has 0 atom stereocenters. The predicted octanol–water partition coefficient (Wildman–Crippen LogP) is 2.45. The lowest BCUT2D eigenvalue weighted by Crippen LogP contribution is -2.26. The Morgan fingerprint density at radius 3 is 2.56 bits per heavy atom. The molecule has 3 rings (SSSR count). The van der Waals surface area contributed by atoms with E-state index >= 15 is 0 Å². The van der Waals surface area contributed by atoms with Crippen LogP contribution in [0.25, 0.3) is 0 Å². The molecule has 0 aliphatic carbocycles. The molecule has 1 aromatic rings. The van der Waals surface area contributed by atoms with Crippen LogP contribution in [0.1, 0.15) is 30.7 Å². The minimum absolute atomic E-state index is 0.309. The molecular formula is C14H18FNO2. The summed E-state index contributed by atoms with van der Waals surface area (Å²) in [6, 6.07) is 3.36. The second-order valence-corrected chi connectivity index (χ2v) is 4.87. The number of nitrogens with one attached hydrogen (secondary N) is 1. The summed E-state index contributed by atoms with van der Waals surface area (Å²) in [5.74, 6) is 1.08. The normalized spacial score (nSPS) is 20.5. The molecular weight excluding hydrogens is 233 g/mol. The highest BCUT2D eigenvalue weighted by atomic mass is 19.1. The molecule has 1 N–H and O–H groups in total. The van der Waals surface area contributed by atoms with Crippen molar-refractivity contribution < 1.29 is 13.9 Å². The van der Waals surface area contributed by atoms with Crippen LogP contribution in [0, 0.1) is 5.82 Å². The van der Waals surface area contributed by atoms with Crippen molar-refractivity contribution in [3.8, 4) is 11.5 Å². The summed E-state index contributed by atoms with van der Waals surface area (Å²) in [5, 5.41) is 3.34. The van der Waals surface area contributed by atoms with Crippen molar-refractivity contribution >= 4 is 0 Å². The molecule has 2 aliphatic heterocycles. The van der Waals surface area contributed by atoms with Crippen molar-refractivity contribution in [2.45, 2.75) is 25.2 Å². The Balaban J connectivity index is 1.98. The zero-order valence-corrected chi connectivity index (χ0v) is 10.4. The third-order valence-corrected chi connectivity index (χ3v) is 3.66. The van der Waals surface area contributed by atoms with Crippen LogP contribution in [0.4, 0.5) is 4.39 Å². The highest BCUT2D eigenvalue weighted by Gasteiger charge is 2.25. The Labute approximate surface area is 106 Å². The summed E-state index contributed by atoms with van der Waals surface area (Å²) in [7, 11) is 0. The maximum Gasteiger partial charge on any atom is 0.197 e. The standard InChI is InChI=1S/C14H18FNO2/c15-12-3-2-11(10-4-6-16-7-5-10)13-14(12)18-9-1-8-17-13/h2-3,10,16H,1,4-9H2. The summed E-state index contributed by atoms with van der Waals surface area (Å²) < 4.78 is 25.0. The molecule has 3 nitrogen and oxygen atoms in total. The molecule has 1 saturated heterocycles. The van der Waals surface area contributed by atoms with Crippen molar-refractivity contribution in [3.05, 3.63) is 23.5 Å². The SMILES string of the molecule is Fc1ccc(C2CCNCC2)c2c1OCCCO2. The Hall–Kier alpha value is -1.29. The van der Waals surface area contributed by atoms with Gasteiger partial charge in [0.25, 0.3) is 0 Å². The Morgan fingerprint density at radius 1 is 1.06 bits per heavy atom. The van der Waals surface area contributed by atoms with Crippen molar-refractivity contribution in [3.63, 3.8) is 0 Å². The Kier molecular flexibility index (Phi) is 3.37. The van der Waals surface area contributed by atoms with Crippen molar-refractivity contribution in [2.75, 3.05) is 26.3 Å². The van der Waals surface area contributed by atoms with Crippen molar-refractivity contribution in [1.29, 1.82) is 0 Å². The van der Waals surface area contributed by atoms with Crippen LogP contribution in [0.5, 0.6) is 11.5 Å². The topological polar surface area (TPSA) is 30.5 Å². The fourth-order valence-electron chi connectivity index (χ4n) is 2.70. The number of halogens is 1. The Morgan fingerprint density at radius 2 is 1.78 bits per heavy atom. The average molecular weight is 251 g/mol. The van der Waals surface area contributed by atoms with E-state index in [1.807, 2.05) is 6.07 Å². The summed E-state index contributed by atoms with van der Waals surface area (Å²) >= 11 is 0. The zero-order valence-electron chi connectivity index (χ0n) is 10.4. The van der Waals surface area contributed by atoms with Gasteiger partial charge in [-0.15, -0.1) is 0 Å². The first-order valence-electron chi connectivity index (χ1n) is 6.65. The van der Waals surface area contributed by atoms with Crippen LogP contribution >= 0.6 is 0 Å². The summed E-state index contributed by atoms with van der Waals surface area (Å²) in [6.07, 6.45) is 2.95. The number of fused-ring (bicyclic) bond motifs is 1. The van der Waals surface area contributed by atoms with Gasteiger partial charge in [-0.3, -0.25) is 0 Å². The summed E-state index contributed by atoms with van der Waals surface area (Å²) in [6.45, 7) is 3.16. The summed E-state index contributed by atoms with van der Waals surface area (Å²) in [4.78, 5) is 0. The molecule has 0 aromatic heterocycles. The number of benzene rings is 1. The quantitative estimate of drug-likeness (QED) is 0.831. The van der Waals surface area contributed by atoms with Gasteiger partial charge in [-0.2, -0.15) is 0 Å². The van der Waals surface area contributed by atoms with Gasteiger partial charge in [0.15, 0.2) is 17.3 Å². The number of rotatable bonds is 1. The van der Waals surface area contributed by atoms with Gasteiger partial charge >= 0.3 is 0 Å². The van der Waals surface area contributed by atoms with Crippen molar-refractivity contribution in [2.24, 2.45) is 0 Å². The molecule has 98 valence electrons. The lowest BCUT2D eigenvalue weighted by atomic mass is 9.89. The van der Waals surface area contributed by atoms with E-state index in [0.717, 1.165) is 37.9 Å². The molecule has 0 spiro atoms. The van der Waals surface area contributed by atoms with Gasteiger partial charge in [-0.1, -0.05) is 6.07 Å². The lowest BCUT2D eigenvalue weighted by molar-refractivity contribution is 0.291. The number of hydrogen-bond donors (Lipinski definition) is 1. The van der Waals surface area contributed by atoms with Gasteiger partial charge < -0.3 is 14.8 Å². The zero-order chi connectivity index (χ0) is 12.4. The number of piperidine rings is 1. The molecule has 0 unspecified atom stereocenters. The maximum absolute atomic E-state index is 13.8. The smallest absolute Gasteiger partial charge is 0.197 e. The van der Waals surface area contributed by atoms with Gasteiger partial charge in [0.1, 0.15) is 0 Å². The third-order valence-electron chi connectivity index (χ3n) is 3.66. The number of ether oxygens (including phenoxy) is 2. The molecule has 1 fully saturated rings. The van der Waals surface area contributed by atoms with E-state index in [9.17, 15) is 4.39 Å². The lowest BCUT2D eigenvalue weighted by Gasteiger charge is -2.25. The predicted molar refractivity (Wildman–Crippen MR) is 66.9 cm³/mol. The largest absolute Gasteiger partial charge is 0.489 e. The van der Waals surface area contributed by atoms with E-state index in [0.29, 0.717) is 30.6 Å². The molecule has 4 heteroatoms. The molecule has 2 heterocycles. The summed E-state index contributed by atoms with van der Waals surface area (Å²) in [5.41, 5.74) is 1.11. The minimum Gasteiger partial charge on any atom is -0.489 e. The molecule has 0 saturated carbocycles. The molecule has 1 aromatic carbocycles. The van der Waals surface area contributed by atoms with E-state index in [-0.39, 0.29) is 5.82 Å². The van der Waals surface area contributed by atoms with E-state index in [1.54, 1.807) is 0 Å². The van der Waals surface area contributed by atoms with Gasteiger partial charge in [0.2, 0.25) is 0 Å². The second kappa shape index (κ2) is 5.14. The van der Waals surface area contributed by atoms with Gasteiger partial charge in [0, 0.05) is 12.0 Å². The fraction of sp³-hybridized carbons (Fsp3) is 0.571. The van der Waals surface area contributed by atoms with Gasteiger partial charge in [-0.05, 0) is 37.9 Å². The van der Waals surface area contributed by atoms with Crippen LogP contribution in [-0.2, 0) is 0 Å². The molecule has 2 aliphatic rings. The molecule has 0 radical (unpaired) electrons. The monoisotopic (exact) mass is 251 g/mol. The van der Waals surface area contributed by atoms with E-state index in [2.05, 4.69) is 5.32 Å². The highest BCUT2D eigenvalue weighted by Crippen LogP contribution is 2.41. The van der Waals surface area contributed by atoms with E-state index < -0.39 is 0 Å². The van der Waals surface area contributed by atoms with Gasteiger partial charge in [-0.25, -0.2) is 4.39 Å². The van der Waals surface area contributed by atoms with E-state index in [1.165, 1.54) is 6.07 Å². The maximum atomic E-state index is 13.8. The first kappa shape index (κ1) is 11.8. The minimum atomic E-state index is -0.315. The van der Waals surface area contributed by atoms with Gasteiger partial charge in [0.05, 0.1) is 13.2 Å². The molecule has 0 amide bonds. The third kappa shape index (κ3) is 2.17. The second-order valence-electron chi connectivity index (χ2n) is 4.87. The van der Waals surface area contributed by atoms with Crippen LogP contribution in [0.3, 0.4) is 0 Å². The van der Waals surface area contributed by atoms with E-state index in [4.69, 9.17) is 9.47 Å². The van der Waals surface area contributed by atoms with Crippen LogP contribution in [0.2, 0.25) is 0 Å². The average Bonchev–Trinajstić information content (AvgIpc) is 2.67. The molecule has 0 bridgehead atoms. The Bertz CT molecular complexity index is 430. The number of hydrogen-bond acceptors (Lipinski definition) is 3. The van der Waals surface area contributed by atoms with Crippen LogP contribution < -0.4 is 14.8 Å². The first-order valence-corrected chi connectivity index (χ1v) is 6.65. The highest BCUT2D eigenvalue weighted by molar-refractivity contribution is 5.49.